The molecule has 0 fully saturated rings. The fraction of sp³-hybridized carbons (Fsp3) is 0.250. The van der Waals surface area contributed by atoms with Gasteiger partial charge < -0.3 is 10.0 Å². The molecule has 4 nitrogen and oxygen atoms in total. The van der Waals surface area contributed by atoms with Gasteiger partial charge in [0.15, 0.2) is 0 Å². The Morgan fingerprint density at radius 3 is 2.81 bits per heavy atom. The second-order valence-corrected chi connectivity index (χ2v) is 5.21. The second kappa shape index (κ2) is 7.58. The first-order valence-electron chi connectivity index (χ1n) is 6.61. The van der Waals surface area contributed by atoms with Crippen LogP contribution < -0.4 is 0 Å². The topological polar surface area (TPSA) is 53.4 Å². The van der Waals surface area contributed by atoms with Crippen LogP contribution in [0.15, 0.2) is 36.0 Å². The van der Waals surface area contributed by atoms with Gasteiger partial charge in [0.2, 0.25) is 0 Å². The SMILES string of the molecule is CCN(Cc1ccncc1)C(=O)c1sccc1C#CCO. The maximum Gasteiger partial charge on any atom is 0.265 e. The summed E-state index contributed by atoms with van der Waals surface area (Å²) in [6, 6.07) is 5.61. The van der Waals surface area contributed by atoms with E-state index in [9.17, 15) is 4.79 Å². The van der Waals surface area contributed by atoms with Crippen LogP contribution in [0.3, 0.4) is 0 Å². The molecule has 1 amide bonds. The smallest absolute Gasteiger partial charge is 0.265 e. The van der Waals surface area contributed by atoms with Crippen LogP contribution in [-0.4, -0.2) is 34.0 Å². The van der Waals surface area contributed by atoms with E-state index in [-0.39, 0.29) is 12.5 Å². The molecular formula is C16H16N2O2S. The number of amides is 1. The van der Waals surface area contributed by atoms with E-state index in [1.165, 1.54) is 11.3 Å². The van der Waals surface area contributed by atoms with Crippen LogP contribution in [0.25, 0.3) is 0 Å². The third-order valence-electron chi connectivity index (χ3n) is 2.95. The Kier molecular flexibility index (Phi) is 5.50. The summed E-state index contributed by atoms with van der Waals surface area (Å²) in [6.07, 6.45) is 3.44. The van der Waals surface area contributed by atoms with Crippen molar-refractivity contribution in [1.29, 1.82) is 0 Å². The first kappa shape index (κ1) is 15.2. The molecule has 0 spiro atoms. The van der Waals surface area contributed by atoms with E-state index in [4.69, 9.17) is 5.11 Å². The summed E-state index contributed by atoms with van der Waals surface area (Å²) in [5.41, 5.74) is 1.71. The minimum Gasteiger partial charge on any atom is -0.384 e. The van der Waals surface area contributed by atoms with Crippen molar-refractivity contribution in [3.8, 4) is 11.8 Å². The predicted molar refractivity (Wildman–Crippen MR) is 82.9 cm³/mol. The van der Waals surface area contributed by atoms with Crippen LogP contribution in [-0.2, 0) is 6.54 Å². The maximum atomic E-state index is 12.6. The molecule has 0 saturated carbocycles. The first-order chi connectivity index (χ1) is 10.3. The van der Waals surface area contributed by atoms with E-state index >= 15 is 0 Å². The third-order valence-corrected chi connectivity index (χ3v) is 3.86. The Bertz CT molecular complexity index is 656. The standard InChI is InChI=1S/C16H16N2O2S/c1-2-18(12-13-5-8-17-9-6-13)16(20)15-14(4-3-10-19)7-11-21-15/h5-9,11,19H,2,10,12H2,1H3. The third kappa shape index (κ3) is 3.91. The zero-order chi connectivity index (χ0) is 15.1. The van der Waals surface area contributed by atoms with Gasteiger partial charge in [-0.05, 0) is 36.1 Å². The molecule has 0 bridgehead atoms. The summed E-state index contributed by atoms with van der Waals surface area (Å²) in [4.78, 5) is 19.0. The summed E-state index contributed by atoms with van der Waals surface area (Å²) in [7, 11) is 0. The molecule has 0 radical (unpaired) electrons. The predicted octanol–water partition coefficient (Wildman–Crippen LogP) is 2.15. The zero-order valence-corrected chi connectivity index (χ0v) is 12.6. The van der Waals surface area contributed by atoms with E-state index in [0.717, 1.165) is 5.56 Å². The van der Waals surface area contributed by atoms with E-state index in [1.807, 2.05) is 24.4 Å². The minimum absolute atomic E-state index is 0.0356. The number of pyridine rings is 1. The van der Waals surface area contributed by atoms with E-state index in [2.05, 4.69) is 16.8 Å². The monoisotopic (exact) mass is 300 g/mol. The van der Waals surface area contributed by atoms with Gasteiger partial charge in [-0.15, -0.1) is 11.3 Å². The molecule has 0 atom stereocenters. The van der Waals surface area contributed by atoms with Crippen LogP contribution in [0.1, 0.15) is 27.7 Å². The average Bonchev–Trinajstić information content (AvgIpc) is 2.99. The Morgan fingerprint density at radius 1 is 1.38 bits per heavy atom. The van der Waals surface area contributed by atoms with Gasteiger partial charge >= 0.3 is 0 Å². The maximum absolute atomic E-state index is 12.6. The van der Waals surface area contributed by atoms with Crippen LogP contribution in [0.5, 0.6) is 0 Å². The molecule has 2 aromatic rings. The second-order valence-electron chi connectivity index (χ2n) is 4.30. The molecule has 0 aliphatic carbocycles. The van der Waals surface area contributed by atoms with Crippen LogP contribution >= 0.6 is 11.3 Å². The van der Waals surface area contributed by atoms with Gasteiger partial charge in [-0.1, -0.05) is 11.8 Å². The lowest BCUT2D eigenvalue weighted by Crippen LogP contribution is -2.30. The van der Waals surface area contributed by atoms with E-state index in [0.29, 0.717) is 23.5 Å². The average molecular weight is 300 g/mol. The van der Waals surface area contributed by atoms with Gasteiger partial charge in [-0.2, -0.15) is 0 Å². The van der Waals surface area contributed by atoms with Crippen molar-refractivity contribution in [2.45, 2.75) is 13.5 Å². The fourth-order valence-electron chi connectivity index (χ4n) is 1.89. The van der Waals surface area contributed by atoms with Gasteiger partial charge in [-0.3, -0.25) is 9.78 Å². The molecule has 1 N–H and O–H groups in total. The highest BCUT2D eigenvalue weighted by Crippen LogP contribution is 2.19. The Hall–Kier alpha value is -2.16. The molecule has 2 rings (SSSR count). The normalized spacial score (nSPS) is 9.81. The zero-order valence-electron chi connectivity index (χ0n) is 11.7. The number of aliphatic hydroxyl groups is 1. The lowest BCUT2D eigenvalue weighted by Gasteiger charge is -2.20. The summed E-state index contributed by atoms with van der Waals surface area (Å²) < 4.78 is 0. The molecule has 0 aromatic carbocycles. The molecular weight excluding hydrogens is 284 g/mol. The number of hydrogen-bond acceptors (Lipinski definition) is 4. The number of aliphatic hydroxyl groups excluding tert-OH is 1. The lowest BCUT2D eigenvalue weighted by atomic mass is 10.2. The summed E-state index contributed by atoms with van der Waals surface area (Å²) >= 11 is 1.37. The van der Waals surface area contributed by atoms with Crippen molar-refractivity contribution in [3.05, 3.63) is 52.0 Å². The lowest BCUT2D eigenvalue weighted by molar-refractivity contribution is 0.0757. The number of rotatable bonds is 4. The molecule has 0 aliphatic heterocycles. The van der Waals surface area contributed by atoms with Gasteiger partial charge in [0.05, 0.1) is 0 Å². The van der Waals surface area contributed by atoms with Gasteiger partial charge in [0.1, 0.15) is 11.5 Å². The van der Waals surface area contributed by atoms with Crippen molar-refractivity contribution >= 4 is 17.2 Å². The molecule has 108 valence electrons. The molecule has 2 aromatic heterocycles. The summed E-state index contributed by atoms with van der Waals surface area (Å²) in [5.74, 6) is 5.37. The highest BCUT2D eigenvalue weighted by Gasteiger charge is 2.18. The molecule has 0 saturated heterocycles. The molecule has 0 aliphatic rings. The van der Waals surface area contributed by atoms with Crippen molar-refractivity contribution in [3.63, 3.8) is 0 Å². The quantitative estimate of drug-likeness (QED) is 0.880. The Morgan fingerprint density at radius 2 is 2.14 bits per heavy atom. The Labute approximate surface area is 128 Å². The molecule has 5 heteroatoms. The largest absolute Gasteiger partial charge is 0.384 e. The first-order valence-corrected chi connectivity index (χ1v) is 7.49. The van der Waals surface area contributed by atoms with Crippen molar-refractivity contribution in [2.75, 3.05) is 13.2 Å². The van der Waals surface area contributed by atoms with Crippen molar-refractivity contribution in [1.82, 2.24) is 9.88 Å². The van der Waals surface area contributed by atoms with E-state index < -0.39 is 0 Å². The molecule has 2 heterocycles. The van der Waals surface area contributed by atoms with E-state index in [1.54, 1.807) is 23.4 Å². The Balaban J connectivity index is 2.19. The highest BCUT2D eigenvalue weighted by molar-refractivity contribution is 7.12. The minimum atomic E-state index is -0.210. The fourth-order valence-corrected chi connectivity index (χ4v) is 2.70. The van der Waals surface area contributed by atoms with Crippen LogP contribution in [0, 0.1) is 11.8 Å². The highest BCUT2D eigenvalue weighted by atomic mass is 32.1. The summed E-state index contributed by atoms with van der Waals surface area (Å²) in [6.45, 7) is 2.90. The summed E-state index contributed by atoms with van der Waals surface area (Å²) in [5, 5.41) is 10.6. The number of aromatic nitrogens is 1. The van der Waals surface area contributed by atoms with Crippen molar-refractivity contribution < 1.29 is 9.90 Å². The van der Waals surface area contributed by atoms with Crippen molar-refractivity contribution in [2.24, 2.45) is 0 Å². The number of thiophene rings is 1. The number of nitrogens with zero attached hydrogens (tertiary/aromatic N) is 2. The molecule has 21 heavy (non-hydrogen) atoms. The van der Waals surface area contributed by atoms with Gasteiger partial charge in [0, 0.05) is 31.0 Å². The number of carbonyl (C=O) groups is 1. The van der Waals surface area contributed by atoms with Crippen LogP contribution in [0.2, 0.25) is 0 Å². The number of carbonyl (C=O) groups excluding carboxylic acids is 1. The number of hydrogen-bond donors (Lipinski definition) is 1. The molecule has 0 unspecified atom stereocenters. The van der Waals surface area contributed by atoms with Gasteiger partial charge in [-0.25, -0.2) is 0 Å². The van der Waals surface area contributed by atoms with Crippen LogP contribution in [0.4, 0.5) is 0 Å². The van der Waals surface area contributed by atoms with Gasteiger partial charge in [0.25, 0.3) is 5.91 Å².